The zero-order valence-corrected chi connectivity index (χ0v) is 15.6. The molecule has 3 aromatic rings. The van der Waals surface area contributed by atoms with Gasteiger partial charge in [0.05, 0.1) is 22.5 Å². The summed E-state index contributed by atoms with van der Waals surface area (Å²) in [5.41, 5.74) is 1.76. The van der Waals surface area contributed by atoms with Crippen molar-refractivity contribution in [2.24, 2.45) is 5.92 Å². The van der Waals surface area contributed by atoms with Crippen molar-refractivity contribution in [1.29, 1.82) is 0 Å². The molecule has 1 N–H and O–H groups in total. The Balaban J connectivity index is 1.84. The average molecular weight is 371 g/mol. The van der Waals surface area contributed by atoms with Crippen LogP contribution >= 0.6 is 11.3 Å². The topological polar surface area (TPSA) is 73.2 Å². The number of thiophene rings is 1. The van der Waals surface area contributed by atoms with Crippen LogP contribution in [0.1, 0.15) is 13.8 Å². The van der Waals surface area contributed by atoms with Crippen LogP contribution in [-0.2, 0) is 11.3 Å². The van der Waals surface area contributed by atoms with Gasteiger partial charge in [0.25, 0.3) is 5.56 Å². The molecule has 136 valence electrons. The summed E-state index contributed by atoms with van der Waals surface area (Å²) in [6.07, 6.45) is -0.469. The molecule has 3 rings (SSSR count). The Labute approximate surface area is 155 Å². The zero-order valence-electron chi connectivity index (χ0n) is 14.8. The molecule has 1 aromatic carbocycles. The highest BCUT2D eigenvalue weighted by molar-refractivity contribution is 7.13. The van der Waals surface area contributed by atoms with E-state index in [9.17, 15) is 9.59 Å². The number of aromatic nitrogens is 2. The first-order valence-corrected chi connectivity index (χ1v) is 9.38. The van der Waals surface area contributed by atoms with Gasteiger partial charge in [0.15, 0.2) is 0 Å². The highest BCUT2D eigenvalue weighted by Crippen LogP contribution is 2.21. The number of benzene rings is 1. The van der Waals surface area contributed by atoms with Gasteiger partial charge < -0.3 is 14.6 Å². The molecule has 26 heavy (non-hydrogen) atoms. The fourth-order valence-corrected chi connectivity index (χ4v) is 3.26. The molecule has 0 unspecified atom stereocenters. The van der Waals surface area contributed by atoms with Crippen molar-refractivity contribution in [3.63, 3.8) is 0 Å². The van der Waals surface area contributed by atoms with Crippen molar-refractivity contribution < 1.29 is 9.53 Å². The lowest BCUT2D eigenvalue weighted by molar-refractivity contribution is 0.132. The van der Waals surface area contributed by atoms with E-state index in [2.05, 4.69) is 10.3 Å². The van der Waals surface area contributed by atoms with Crippen LogP contribution < -0.4 is 10.9 Å². The van der Waals surface area contributed by atoms with Crippen molar-refractivity contribution in [2.45, 2.75) is 20.4 Å². The summed E-state index contributed by atoms with van der Waals surface area (Å²) < 4.78 is 6.75. The molecule has 0 saturated heterocycles. The maximum Gasteiger partial charge on any atom is 0.407 e. The predicted molar refractivity (Wildman–Crippen MR) is 104 cm³/mol. The number of nitrogens with one attached hydrogen (secondary N) is 1. The molecule has 0 aliphatic rings. The normalized spacial score (nSPS) is 11.0. The second-order valence-electron chi connectivity index (χ2n) is 6.30. The number of hydrogen-bond acceptors (Lipinski definition) is 5. The first kappa shape index (κ1) is 18.1. The van der Waals surface area contributed by atoms with Gasteiger partial charge in [-0.05, 0) is 29.5 Å². The Morgan fingerprint density at radius 1 is 1.27 bits per heavy atom. The van der Waals surface area contributed by atoms with Crippen LogP contribution in [0.2, 0.25) is 0 Å². The number of fused-ring (bicyclic) bond motifs is 1. The molecular weight excluding hydrogens is 350 g/mol. The molecule has 0 saturated carbocycles. The van der Waals surface area contributed by atoms with Crippen LogP contribution in [0.25, 0.3) is 21.6 Å². The van der Waals surface area contributed by atoms with Gasteiger partial charge in [-0.2, -0.15) is 0 Å². The molecule has 6 nitrogen and oxygen atoms in total. The minimum absolute atomic E-state index is 0.163. The Morgan fingerprint density at radius 3 is 2.81 bits per heavy atom. The van der Waals surface area contributed by atoms with Crippen molar-refractivity contribution in [3.8, 4) is 10.6 Å². The summed E-state index contributed by atoms with van der Waals surface area (Å²) in [6, 6.07) is 11.3. The van der Waals surface area contributed by atoms with Crippen molar-refractivity contribution in [2.75, 3.05) is 13.2 Å². The van der Waals surface area contributed by atoms with Gasteiger partial charge in [-0.3, -0.25) is 4.79 Å². The molecule has 0 bridgehead atoms. The molecule has 2 aromatic heterocycles. The first-order valence-electron chi connectivity index (χ1n) is 8.50. The minimum Gasteiger partial charge on any atom is -0.449 e. The van der Waals surface area contributed by atoms with E-state index < -0.39 is 6.09 Å². The van der Waals surface area contributed by atoms with Gasteiger partial charge in [-0.15, -0.1) is 11.3 Å². The molecule has 0 fully saturated rings. The summed E-state index contributed by atoms with van der Waals surface area (Å²) in [6.45, 7) is 4.96. The number of para-hydroxylation sites is 2. The molecule has 1 amide bonds. The largest absolute Gasteiger partial charge is 0.449 e. The van der Waals surface area contributed by atoms with Crippen molar-refractivity contribution in [1.82, 2.24) is 14.9 Å². The maximum absolute atomic E-state index is 12.9. The Kier molecular flexibility index (Phi) is 5.68. The number of rotatable bonds is 6. The van der Waals surface area contributed by atoms with Crippen LogP contribution in [0, 0.1) is 5.92 Å². The van der Waals surface area contributed by atoms with E-state index in [-0.39, 0.29) is 11.5 Å². The predicted octanol–water partition coefficient (Wildman–Crippen LogP) is 3.51. The second-order valence-corrected chi connectivity index (χ2v) is 7.25. The number of carbonyl (C=O) groups is 1. The minimum atomic E-state index is -0.469. The maximum atomic E-state index is 12.9. The molecule has 0 spiro atoms. The van der Waals surface area contributed by atoms with Crippen molar-refractivity contribution >= 4 is 28.5 Å². The molecule has 7 heteroatoms. The highest BCUT2D eigenvalue weighted by Gasteiger charge is 2.13. The van der Waals surface area contributed by atoms with Crippen molar-refractivity contribution in [3.05, 3.63) is 52.1 Å². The summed E-state index contributed by atoms with van der Waals surface area (Å²) in [5, 5.41) is 4.61. The van der Waals surface area contributed by atoms with Gasteiger partial charge in [0, 0.05) is 13.1 Å². The summed E-state index contributed by atoms with van der Waals surface area (Å²) >= 11 is 1.48. The lowest BCUT2D eigenvalue weighted by Gasteiger charge is -2.13. The van der Waals surface area contributed by atoms with Crippen LogP contribution in [0.3, 0.4) is 0 Å². The number of hydrogen-bond donors (Lipinski definition) is 1. The second kappa shape index (κ2) is 8.14. The SMILES string of the molecule is CC(C)COC(=O)NCCn1c(=O)c(-c2cccs2)nc2ccccc21. The van der Waals surface area contributed by atoms with E-state index in [0.717, 1.165) is 15.9 Å². The fourth-order valence-electron chi connectivity index (χ4n) is 2.55. The van der Waals surface area contributed by atoms with Gasteiger partial charge in [-0.1, -0.05) is 32.0 Å². The van der Waals surface area contributed by atoms with E-state index >= 15 is 0 Å². The quantitative estimate of drug-likeness (QED) is 0.720. The third-order valence-corrected chi connectivity index (χ3v) is 4.64. The van der Waals surface area contributed by atoms with E-state index in [1.54, 1.807) is 4.57 Å². The molecular formula is C19H21N3O3S. The summed E-state index contributed by atoms with van der Waals surface area (Å²) in [5.74, 6) is 0.279. The monoisotopic (exact) mass is 371 g/mol. The lowest BCUT2D eigenvalue weighted by atomic mass is 10.2. The Bertz CT molecular complexity index is 948. The number of ether oxygens (including phenoxy) is 1. The Hall–Kier alpha value is -2.67. The summed E-state index contributed by atoms with van der Waals surface area (Å²) in [7, 11) is 0. The van der Waals surface area contributed by atoms with Gasteiger partial charge in [-0.25, -0.2) is 9.78 Å². The summed E-state index contributed by atoms with van der Waals surface area (Å²) in [4.78, 5) is 30.0. The molecule has 0 radical (unpaired) electrons. The van der Waals surface area contributed by atoms with Gasteiger partial charge in [0.1, 0.15) is 5.69 Å². The molecule has 2 heterocycles. The van der Waals surface area contributed by atoms with Gasteiger partial charge >= 0.3 is 6.09 Å². The molecule has 0 atom stereocenters. The van der Waals surface area contributed by atoms with Crippen LogP contribution in [0.15, 0.2) is 46.6 Å². The van der Waals surface area contributed by atoms with Crippen LogP contribution in [0.4, 0.5) is 4.79 Å². The van der Waals surface area contributed by atoms with E-state index in [1.807, 2.05) is 55.6 Å². The third-order valence-electron chi connectivity index (χ3n) is 3.76. The Morgan fingerprint density at radius 2 is 2.08 bits per heavy atom. The number of alkyl carbamates (subject to hydrolysis) is 1. The van der Waals surface area contributed by atoms with Crippen LogP contribution in [0.5, 0.6) is 0 Å². The highest BCUT2D eigenvalue weighted by atomic mass is 32.1. The van der Waals surface area contributed by atoms with Crippen LogP contribution in [-0.4, -0.2) is 28.8 Å². The number of nitrogens with zero attached hydrogens (tertiary/aromatic N) is 2. The molecule has 0 aliphatic heterocycles. The smallest absolute Gasteiger partial charge is 0.407 e. The fraction of sp³-hybridized carbons (Fsp3) is 0.316. The van der Waals surface area contributed by atoms with E-state index in [1.165, 1.54) is 11.3 Å². The average Bonchev–Trinajstić information content (AvgIpc) is 3.16. The van der Waals surface area contributed by atoms with E-state index in [0.29, 0.717) is 25.4 Å². The standard InChI is InChI=1S/C19H21N3O3S/c1-13(2)12-25-19(24)20-9-10-22-15-7-4-3-6-14(15)21-17(18(22)23)16-8-5-11-26-16/h3-8,11,13H,9-10,12H2,1-2H3,(H,20,24). The lowest BCUT2D eigenvalue weighted by Crippen LogP contribution is -2.32. The first-order chi connectivity index (χ1) is 12.6. The number of carbonyl (C=O) groups excluding carboxylic acids is 1. The zero-order chi connectivity index (χ0) is 18.5. The molecule has 0 aliphatic carbocycles. The third kappa shape index (κ3) is 4.11. The number of amides is 1. The van der Waals surface area contributed by atoms with E-state index in [4.69, 9.17) is 4.74 Å². The van der Waals surface area contributed by atoms with Gasteiger partial charge in [0.2, 0.25) is 0 Å².